The standard InChI is InChI=1S/C17H16N2O2/c20-11-13-6-4-12(5-7-13)10-19-17(21)15-2-1-3-16-14(15)8-9-18-16/h1-9,18,20H,10-11H2,(H,19,21). The summed E-state index contributed by atoms with van der Waals surface area (Å²) in [6.07, 6.45) is 1.83. The lowest BCUT2D eigenvalue weighted by Gasteiger charge is -2.07. The van der Waals surface area contributed by atoms with Crippen LogP contribution in [0, 0.1) is 0 Å². The summed E-state index contributed by atoms with van der Waals surface area (Å²) < 4.78 is 0. The molecule has 106 valence electrons. The molecule has 1 aromatic heterocycles. The third kappa shape index (κ3) is 2.80. The maximum atomic E-state index is 12.3. The maximum absolute atomic E-state index is 12.3. The summed E-state index contributed by atoms with van der Waals surface area (Å²) in [5.41, 5.74) is 3.49. The van der Waals surface area contributed by atoms with Gasteiger partial charge in [-0.3, -0.25) is 4.79 Å². The van der Waals surface area contributed by atoms with Crippen molar-refractivity contribution >= 4 is 16.8 Å². The average molecular weight is 280 g/mol. The smallest absolute Gasteiger partial charge is 0.252 e. The van der Waals surface area contributed by atoms with Crippen LogP contribution >= 0.6 is 0 Å². The van der Waals surface area contributed by atoms with E-state index in [4.69, 9.17) is 5.11 Å². The van der Waals surface area contributed by atoms with Crippen LogP contribution in [0.2, 0.25) is 0 Å². The number of aliphatic hydroxyl groups is 1. The Morgan fingerprint density at radius 3 is 2.57 bits per heavy atom. The third-order valence-electron chi connectivity index (χ3n) is 3.50. The zero-order valence-electron chi connectivity index (χ0n) is 11.5. The summed E-state index contributed by atoms with van der Waals surface area (Å²) in [6.45, 7) is 0.494. The summed E-state index contributed by atoms with van der Waals surface area (Å²) >= 11 is 0. The van der Waals surface area contributed by atoms with Crippen molar-refractivity contribution in [1.29, 1.82) is 0 Å². The molecule has 4 heteroatoms. The second-order valence-electron chi connectivity index (χ2n) is 4.90. The monoisotopic (exact) mass is 280 g/mol. The molecule has 4 nitrogen and oxygen atoms in total. The first-order chi connectivity index (χ1) is 10.3. The molecule has 0 aliphatic rings. The van der Waals surface area contributed by atoms with E-state index in [9.17, 15) is 4.79 Å². The third-order valence-corrected chi connectivity index (χ3v) is 3.50. The number of hydrogen-bond donors (Lipinski definition) is 3. The fraction of sp³-hybridized carbons (Fsp3) is 0.118. The highest BCUT2D eigenvalue weighted by molar-refractivity contribution is 6.06. The fourth-order valence-electron chi connectivity index (χ4n) is 2.32. The minimum absolute atomic E-state index is 0.0299. The van der Waals surface area contributed by atoms with E-state index < -0.39 is 0 Å². The Labute approximate surface area is 122 Å². The molecule has 0 radical (unpaired) electrons. The summed E-state index contributed by atoms with van der Waals surface area (Å²) in [7, 11) is 0. The topological polar surface area (TPSA) is 65.1 Å². The first-order valence-electron chi connectivity index (χ1n) is 6.81. The molecule has 0 spiro atoms. The van der Waals surface area contributed by atoms with Gasteiger partial charge >= 0.3 is 0 Å². The van der Waals surface area contributed by atoms with Crippen LogP contribution in [0.4, 0.5) is 0 Å². The van der Waals surface area contributed by atoms with E-state index in [1.807, 2.05) is 54.7 Å². The molecule has 0 saturated heterocycles. The van der Waals surface area contributed by atoms with Crippen LogP contribution in [-0.4, -0.2) is 16.0 Å². The fourth-order valence-corrected chi connectivity index (χ4v) is 2.32. The molecule has 21 heavy (non-hydrogen) atoms. The molecule has 0 saturated carbocycles. The molecule has 3 rings (SSSR count). The zero-order chi connectivity index (χ0) is 14.7. The van der Waals surface area contributed by atoms with Crippen LogP contribution in [0.25, 0.3) is 10.9 Å². The largest absolute Gasteiger partial charge is 0.392 e. The lowest BCUT2D eigenvalue weighted by Crippen LogP contribution is -2.22. The van der Waals surface area contributed by atoms with Crippen molar-refractivity contribution in [3.05, 3.63) is 71.4 Å². The lowest BCUT2D eigenvalue weighted by molar-refractivity contribution is 0.0952. The summed E-state index contributed by atoms with van der Waals surface area (Å²) in [5.74, 6) is -0.0913. The number of H-pyrrole nitrogens is 1. The molecule has 0 aliphatic carbocycles. The Bertz CT molecular complexity index is 760. The van der Waals surface area contributed by atoms with Gasteiger partial charge in [-0.25, -0.2) is 0 Å². The SMILES string of the molecule is O=C(NCc1ccc(CO)cc1)c1cccc2[nH]ccc12. The number of fused-ring (bicyclic) bond motifs is 1. The van der Waals surface area contributed by atoms with E-state index in [0.29, 0.717) is 12.1 Å². The van der Waals surface area contributed by atoms with Crippen LogP contribution in [-0.2, 0) is 13.2 Å². The Kier molecular flexibility index (Phi) is 3.71. The predicted molar refractivity (Wildman–Crippen MR) is 81.8 cm³/mol. The minimum Gasteiger partial charge on any atom is -0.392 e. The highest BCUT2D eigenvalue weighted by Crippen LogP contribution is 2.17. The van der Waals surface area contributed by atoms with E-state index in [-0.39, 0.29) is 12.5 Å². The predicted octanol–water partition coefficient (Wildman–Crippen LogP) is 2.59. The second kappa shape index (κ2) is 5.81. The highest BCUT2D eigenvalue weighted by atomic mass is 16.3. The summed E-state index contributed by atoms with van der Waals surface area (Å²) in [5, 5.41) is 12.8. The van der Waals surface area contributed by atoms with Gasteiger partial charge in [0, 0.05) is 29.2 Å². The number of benzene rings is 2. The van der Waals surface area contributed by atoms with Gasteiger partial charge in [0.1, 0.15) is 0 Å². The number of aromatic nitrogens is 1. The van der Waals surface area contributed by atoms with Crippen molar-refractivity contribution in [2.75, 3.05) is 0 Å². The molecular formula is C17H16N2O2. The lowest BCUT2D eigenvalue weighted by atomic mass is 10.1. The van der Waals surface area contributed by atoms with Gasteiger partial charge < -0.3 is 15.4 Å². The molecular weight excluding hydrogens is 264 g/mol. The van der Waals surface area contributed by atoms with Crippen molar-refractivity contribution in [1.82, 2.24) is 10.3 Å². The molecule has 2 aromatic carbocycles. The van der Waals surface area contributed by atoms with Gasteiger partial charge in [-0.05, 0) is 29.3 Å². The van der Waals surface area contributed by atoms with Gasteiger partial charge in [0.25, 0.3) is 5.91 Å². The highest BCUT2D eigenvalue weighted by Gasteiger charge is 2.09. The normalized spacial score (nSPS) is 10.7. The van der Waals surface area contributed by atoms with E-state index in [0.717, 1.165) is 22.0 Å². The van der Waals surface area contributed by atoms with Gasteiger partial charge in [0.2, 0.25) is 0 Å². The van der Waals surface area contributed by atoms with E-state index in [2.05, 4.69) is 10.3 Å². The van der Waals surface area contributed by atoms with Crippen LogP contribution in [0.5, 0.6) is 0 Å². The zero-order valence-corrected chi connectivity index (χ0v) is 11.5. The number of aromatic amines is 1. The molecule has 0 aliphatic heterocycles. The van der Waals surface area contributed by atoms with Gasteiger partial charge in [-0.15, -0.1) is 0 Å². The number of aliphatic hydroxyl groups excluding tert-OH is 1. The molecule has 1 amide bonds. The van der Waals surface area contributed by atoms with Crippen LogP contribution in [0.1, 0.15) is 21.5 Å². The quantitative estimate of drug-likeness (QED) is 0.687. The summed E-state index contributed by atoms with van der Waals surface area (Å²) in [4.78, 5) is 15.4. The van der Waals surface area contributed by atoms with Crippen molar-refractivity contribution in [3.63, 3.8) is 0 Å². The number of amides is 1. The second-order valence-corrected chi connectivity index (χ2v) is 4.90. The Hall–Kier alpha value is -2.59. The average Bonchev–Trinajstić information content (AvgIpc) is 3.01. The first kappa shape index (κ1) is 13.4. The molecule has 3 N–H and O–H groups in total. The van der Waals surface area contributed by atoms with Crippen molar-refractivity contribution < 1.29 is 9.90 Å². The molecule has 3 aromatic rings. The Morgan fingerprint density at radius 2 is 1.81 bits per heavy atom. The van der Waals surface area contributed by atoms with Crippen LogP contribution in [0.3, 0.4) is 0 Å². The molecule has 0 atom stereocenters. The van der Waals surface area contributed by atoms with Gasteiger partial charge in [0.15, 0.2) is 0 Å². The number of hydrogen-bond acceptors (Lipinski definition) is 2. The molecule has 1 heterocycles. The minimum atomic E-state index is -0.0913. The maximum Gasteiger partial charge on any atom is 0.252 e. The van der Waals surface area contributed by atoms with E-state index in [1.54, 1.807) is 0 Å². The Balaban J connectivity index is 1.72. The summed E-state index contributed by atoms with van der Waals surface area (Å²) in [6, 6.07) is 15.1. The number of carbonyl (C=O) groups excluding carboxylic acids is 1. The Morgan fingerprint density at radius 1 is 1.05 bits per heavy atom. The van der Waals surface area contributed by atoms with Crippen LogP contribution in [0.15, 0.2) is 54.7 Å². The molecule has 0 unspecified atom stereocenters. The van der Waals surface area contributed by atoms with Gasteiger partial charge in [-0.2, -0.15) is 0 Å². The van der Waals surface area contributed by atoms with Gasteiger partial charge in [-0.1, -0.05) is 30.3 Å². The number of nitrogens with one attached hydrogen (secondary N) is 2. The van der Waals surface area contributed by atoms with Crippen molar-refractivity contribution in [3.8, 4) is 0 Å². The van der Waals surface area contributed by atoms with Crippen LogP contribution < -0.4 is 5.32 Å². The van der Waals surface area contributed by atoms with E-state index >= 15 is 0 Å². The van der Waals surface area contributed by atoms with Gasteiger partial charge in [0.05, 0.1) is 6.61 Å². The number of carbonyl (C=O) groups is 1. The molecule has 0 bridgehead atoms. The number of rotatable bonds is 4. The van der Waals surface area contributed by atoms with Crippen molar-refractivity contribution in [2.24, 2.45) is 0 Å². The van der Waals surface area contributed by atoms with Crippen molar-refractivity contribution in [2.45, 2.75) is 13.2 Å². The first-order valence-corrected chi connectivity index (χ1v) is 6.81. The van der Waals surface area contributed by atoms with E-state index in [1.165, 1.54) is 0 Å². The molecule has 0 fully saturated rings.